The van der Waals surface area contributed by atoms with Crippen molar-refractivity contribution in [2.24, 2.45) is 0 Å². The molecule has 94 valence electrons. The molecule has 3 nitrogen and oxygen atoms in total. The van der Waals surface area contributed by atoms with Crippen LogP contribution in [0.1, 0.15) is 18.1 Å². The predicted molar refractivity (Wildman–Crippen MR) is 67.3 cm³/mol. The topological polar surface area (TPSA) is 46.5 Å². The molecule has 1 rings (SSSR count). The molecule has 0 saturated carbocycles. The first-order valence-electron chi connectivity index (χ1n) is 4.87. The van der Waals surface area contributed by atoms with Crippen LogP contribution >= 0.6 is 34.8 Å². The number of aliphatic hydroxyl groups is 1. The van der Waals surface area contributed by atoms with Gasteiger partial charge in [-0.25, -0.2) is 0 Å². The number of esters is 1. The Bertz CT molecular complexity index is 362. The summed E-state index contributed by atoms with van der Waals surface area (Å²) in [6, 6.07) is 8.68. The van der Waals surface area contributed by atoms with Crippen molar-refractivity contribution in [2.45, 2.75) is 16.3 Å². The minimum Gasteiger partial charge on any atom is -0.453 e. The van der Waals surface area contributed by atoms with Gasteiger partial charge in [0.1, 0.15) is 0 Å². The first-order chi connectivity index (χ1) is 7.95. The van der Waals surface area contributed by atoms with Crippen LogP contribution in [0.2, 0.25) is 0 Å². The average Bonchev–Trinajstić information content (AvgIpc) is 2.26. The minimum atomic E-state index is -1.76. The summed E-state index contributed by atoms with van der Waals surface area (Å²) in [6.07, 6.45) is -1.13. The number of ether oxygens (including phenoxy) is 1. The largest absolute Gasteiger partial charge is 0.453 e. The lowest BCUT2D eigenvalue weighted by molar-refractivity contribution is -0.150. The second kappa shape index (κ2) is 6.45. The van der Waals surface area contributed by atoms with Gasteiger partial charge in [-0.2, -0.15) is 0 Å². The van der Waals surface area contributed by atoms with Gasteiger partial charge in [-0.3, -0.25) is 4.79 Å². The number of carbonyl (C=O) groups is 1. The van der Waals surface area contributed by atoms with E-state index in [1.165, 1.54) is 0 Å². The SMILES string of the molecule is O=C(CCO)OC(c1ccccc1)C(Cl)(Cl)Cl. The molecule has 1 N–H and O–H groups in total. The van der Waals surface area contributed by atoms with Crippen LogP contribution in [0, 0.1) is 0 Å². The Morgan fingerprint density at radius 1 is 1.29 bits per heavy atom. The fraction of sp³-hybridized carbons (Fsp3) is 0.364. The Kier molecular flexibility index (Phi) is 5.53. The average molecular weight is 298 g/mol. The van der Waals surface area contributed by atoms with Crippen molar-refractivity contribution < 1.29 is 14.6 Å². The molecule has 0 aliphatic heterocycles. The van der Waals surface area contributed by atoms with Crippen molar-refractivity contribution >= 4 is 40.8 Å². The van der Waals surface area contributed by atoms with E-state index in [0.717, 1.165) is 0 Å². The Labute approximate surface area is 114 Å². The highest BCUT2D eigenvalue weighted by atomic mass is 35.6. The van der Waals surface area contributed by atoms with E-state index in [2.05, 4.69) is 0 Å². The van der Waals surface area contributed by atoms with Crippen LogP contribution < -0.4 is 0 Å². The molecule has 0 aliphatic rings. The van der Waals surface area contributed by atoms with Crippen LogP contribution in [0.5, 0.6) is 0 Å². The lowest BCUT2D eigenvalue weighted by Crippen LogP contribution is -2.23. The molecule has 0 bridgehead atoms. The van der Waals surface area contributed by atoms with Gasteiger partial charge in [-0.15, -0.1) is 0 Å². The van der Waals surface area contributed by atoms with Gasteiger partial charge < -0.3 is 9.84 Å². The maximum atomic E-state index is 11.3. The molecule has 1 aromatic carbocycles. The molecule has 0 heterocycles. The number of benzene rings is 1. The zero-order valence-corrected chi connectivity index (χ0v) is 11.0. The van der Waals surface area contributed by atoms with Gasteiger partial charge in [0, 0.05) is 0 Å². The van der Waals surface area contributed by atoms with Gasteiger partial charge in [0.2, 0.25) is 3.79 Å². The highest BCUT2D eigenvalue weighted by Crippen LogP contribution is 2.42. The number of alkyl halides is 3. The predicted octanol–water partition coefficient (Wildman–Crippen LogP) is 3.02. The highest BCUT2D eigenvalue weighted by molar-refractivity contribution is 6.68. The zero-order chi connectivity index (χ0) is 12.9. The van der Waals surface area contributed by atoms with E-state index in [0.29, 0.717) is 5.56 Å². The maximum absolute atomic E-state index is 11.3. The van der Waals surface area contributed by atoms with Gasteiger partial charge in [-0.1, -0.05) is 65.1 Å². The Hall–Kier alpha value is -0.480. The molecular weight excluding hydrogens is 286 g/mol. The van der Waals surface area contributed by atoms with Crippen LogP contribution in [0.4, 0.5) is 0 Å². The molecule has 0 radical (unpaired) electrons. The molecule has 1 atom stereocenters. The first-order valence-corrected chi connectivity index (χ1v) is 6.00. The molecule has 0 aromatic heterocycles. The molecular formula is C11H11Cl3O3. The molecule has 0 aliphatic carbocycles. The van der Waals surface area contributed by atoms with E-state index < -0.39 is 15.9 Å². The molecule has 1 aromatic rings. The third kappa shape index (κ3) is 4.72. The molecule has 1 unspecified atom stereocenters. The number of halogens is 3. The first kappa shape index (κ1) is 14.6. The van der Waals surface area contributed by atoms with Crippen LogP contribution in [-0.2, 0) is 9.53 Å². The number of aliphatic hydroxyl groups excluding tert-OH is 1. The summed E-state index contributed by atoms with van der Waals surface area (Å²) in [5.74, 6) is -0.618. The Morgan fingerprint density at radius 2 is 1.88 bits per heavy atom. The fourth-order valence-corrected chi connectivity index (χ4v) is 1.74. The van der Waals surface area contributed by atoms with E-state index in [4.69, 9.17) is 44.6 Å². The van der Waals surface area contributed by atoms with E-state index in [-0.39, 0.29) is 13.0 Å². The van der Waals surface area contributed by atoms with E-state index in [9.17, 15) is 4.79 Å². The summed E-state index contributed by atoms with van der Waals surface area (Å²) in [5, 5.41) is 8.62. The fourth-order valence-electron chi connectivity index (χ4n) is 1.23. The maximum Gasteiger partial charge on any atom is 0.308 e. The van der Waals surface area contributed by atoms with Crippen LogP contribution in [-0.4, -0.2) is 21.5 Å². The minimum absolute atomic E-state index is 0.135. The number of rotatable bonds is 4. The van der Waals surface area contributed by atoms with Crippen molar-refractivity contribution in [1.29, 1.82) is 0 Å². The van der Waals surface area contributed by atoms with Crippen LogP contribution in [0.3, 0.4) is 0 Å². The summed E-state index contributed by atoms with van der Waals surface area (Å²) >= 11 is 17.3. The standard InChI is InChI=1S/C11H11Cl3O3/c12-11(13,14)10(17-9(16)6-7-15)8-4-2-1-3-5-8/h1-5,10,15H,6-7H2. The van der Waals surface area contributed by atoms with E-state index >= 15 is 0 Å². The summed E-state index contributed by atoms with van der Waals surface area (Å²) < 4.78 is 3.29. The lowest BCUT2D eigenvalue weighted by atomic mass is 10.1. The summed E-state index contributed by atoms with van der Waals surface area (Å²) in [4.78, 5) is 11.3. The number of hydrogen-bond donors (Lipinski definition) is 1. The normalized spacial score (nSPS) is 13.2. The van der Waals surface area contributed by atoms with Gasteiger partial charge in [0.15, 0.2) is 6.10 Å². The highest BCUT2D eigenvalue weighted by Gasteiger charge is 2.37. The number of carbonyl (C=O) groups excluding carboxylic acids is 1. The van der Waals surface area contributed by atoms with Crippen molar-refractivity contribution in [3.8, 4) is 0 Å². The zero-order valence-electron chi connectivity index (χ0n) is 8.78. The van der Waals surface area contributed by atoms with Crippen molar-refractivity contribution in [1.82, 2.24) is 0 Å². The summed E-state index contributed by atoms with van der Waals surface area (Å²) in [7, 11) is 0. The third-order valence-corrected chi connectivity index (χ3v) is 2.56. The Morgan fingerprint density at radius 3 is 2.35 bits per heavy atom. The second-order valence-electron chi connectivity index (χ2n) is 3.30. The molecule has 0 saturated heterocycles. The smallest absolute Gasteiger partial charge is 0.308 e. The molecule has 0 fully saturated rings. The van der Waals surface area contributed by atoms with Crippen molar-refractivity contribution in [3.63, 3.8) is 0 Å². The van der Waals surface area contributed by atoms with E-state index in [1.54, 1.807) is 30.3 Å². The molecule has 0 spiro atoms. The van der Waals surface area contributed by atoms with Crippen LogP contribution in [0.25, 0.3) is 0 Å². The molecule has 6 heteroatoms. The van der Waals surface area contributed by atoms with Gasteiger partial charge >= 0.3 is 5.97 Å². The van der Waals surface area contributed by atoms with Gasteiger partial charge in [0.05, 0.1) is 13.0 Å². The van der Waals surface area contributed by atoms with Crippen molar-refractivity contribution in [3.05, 3.63) is 35.9 Å². The summed E-state index contributed by atoms with van der Waals surface area (Å²) in [5.41, 5.74) is 0.582. The van der Waals surface area contributed by atoms with Crippen LogP contribution in [0.15, 0.2) is 30.3 Å². The molecule has 0 amide bonds. The van der Waals surface area contributed by atoms with Gasteiger partial charge in [-0.05, 0) is 5.56 Å². The summed E-state index contributed by atoms with van der Waals surface area (Å²) in [6.45, 7) is -0.305. The monoisotopic (exact) mass is 296 g/mol. The molecule has 17 heavy (non-hydrogen) atoms. The number of hydrogen-bond acceptors (Lipinski definition) is 3. The Balaban J connectivity index is 2.87. The third-order valence-electron chi connectivity index (χ3n) is 1.96. The lowest BCUT2D eigenvalue weighted by Gasteiger charge is -2.24. The van der Waals surface area contributed by atoms with Gasteiger partial charge in [0.25, 0.3) is 0 Å². The quantitative estimate of drug-likeness (QED) is 0.686. The van der Waals surface area contributed by atoms with E-state index in [1.807, 2.05) is 0 Å². The second-order valence-corrected chi connectivity index (χ2v) is 5.66. The van der Waals surface area contributed by atoms with Crippen molar-refractivity contribution in [2.75, 3.05) is 6.61 Å².